The molecule has 1 aliphatic heterocycles. The van der Waals surface area contributed by atoms with E-state index in [0.717, 1.165) is 0 Å². The van der Waals surface area contributed by atoms with Gasteiger partial charge in [0.2, 0.25) is 5.91 Å². The van der Waals surface area contributed by atoms with Crippen molar-refractivity contribution in [3.63, 3.8) is 0 Å². The lowest BCUT2D eigenvalue weighted by Gasteiger charge is -2.28. The van der Waals surface area contributed by atoms with Gasteiger partial charge in [-0.2, -0.15) is 5.10 Å². The molecule has 0 radical (unpaired) electrons. The Labute approximate surface area is 115 Å². The Balaban J connectivity index is 2.00. The first-order valence-electron chi connectivity index (χ1n) is 6.13. The molecule has 0 aliphatic carbocycles. The fraction of sp³-hybridized carbons (Fsp3) is 0.333. The van der Waals surface area contributed by atoms with Crippen molar-refractivity contribution in [3.8, 4) is 0 Å². The molecule has 3 N–H and O–H groups in total. The van der Waals surface area contributed by atoms with Crippen molar-refractivity contribution in [2.75, 3.05) is 0 Å². The summed E-state index contributed by atoms with van der Waals surface area (Å²) in [5.74, 6) is -0.0744. The Morgan fingerprint density at radius 3 is 2.95 bits per heavy atom. The number of para-hydroxylation sites is 1. The number of hydrazone groups is 1. The van der Waals surface area contributed by atoms with Crippen molar-refractivity contribution in [3.05, 3.63) is 39.9 Å². The maximum atomic E-state index is 11.3. The van der Waals surface area contributed by atoms with Gasteiger partial charge in [0.1, 0.15) is 0 Å². The third-order valence-electron chi connectivity index (χ3n) is 2.79. The van der Waals surface area contributed by atoms with Crippen LogP contribution in [0.4, 0.5) is 5.69 Å². The van der Waals surface area contributed by atoms with Crippen LogP contribution in [0.15, 0.2) is 29.4 Å². The molecule has 8 heteroatoms. The summed E-state index contributed by atoms with van der Waals surface area (Å²) < 4.78 is 0. The van der Waals surface area contributed by atoms with E-state index < -0.39 is 11.2 Å². The van der Waals surface area contributed by atoms with Gasteiger partial charge in [-0.1, -0.05) is 12.1 Å². The summed E-state index contributed by atoms with van der Waals surface area (Å²) in [6, 6.07) is 6.33. The molecule has 0 bridgehead atoms. The van der Waals surface area contributed by atoms with E-state index in [4.69, 9.17) is 0 Å². The third-order valence-corrected chi connectivity index (χ3v) is 2.79. The lowest BCUT2D eigenvalue weighted by molar-refractivity contribution is -0.385. The first-order chi connectivity index (χ1) is 9.56. The number of carbonyl (C=O) groups is 1. The number of nitro groups is 1. The van der Waals surface area contributed by atoms with Crippen LogP contribution in [0.3, 0.4) is 0 Å². The van der Waals surface area contributed by atoms with Crippen molar-refractivity contribution in [2.45, 2.75) is 25.7 Å². The van der Waals surface area contributed by atoms with E-state index in [9.17, 15) is 14.9 Å². The molecule has 20 heavy (non-hydrogen) atoms. The van der Waals surface area contributed by atoms with E-state index in [1.54, 1.807) is 18.2 Å². The average Bonchev–Trinajstić information content (AvgIpc) is 2.38. The van der Waals surface area contributed by atoms with Gasteiger partial charge in [-0.3, -0.25) is 25.7 Å². The Hall–Kier alpha value is -2.48. The van der Waals surface area contributed by atoms with Crippen molar-refractivity contribution < 1.29 is 9.72 Å². The molecular formula is C12H15N5O3. The lowest BCUT2D eigenvalue weighted by atomic mass is 10.2. The summed E-state index contributed by atoms with van der Waals surface area (Å²) in [6.07, 6.45) is 1.28. The highest BCUT2D eigenvalue weighted by molar-refractivity contribution is 5.85. The van der Waals surface area contributed by atoms with Gasteiger partial charge < -0.3 is 5.32 Å². The van der Waals surface area contributed by atoms with Gasteiger partial charge in [0, 0.05) is 18.5 Å². The Kier molecular flexibility index (Phi) is 4.26. The van der Waals surface area contributed by atoms with Gasteiger partial charge in [-0.15, -0.1) is 0 Å². The molecule has 8 nitrogen and oxygen atoms in total. The van der Waals surface area contributed by atoms with Gasteiger partial charge in [0.25, 0.3) is 5.69 Å². The molecule has 1 fully saturated rings. The smallest absolute Gasteiger partial charge is 0.278 e. The van der Waals surface area contributed by atoms with Crippen LogP contribution < -0.4 is 16.1 Å². The second-order valence-corrected chi connectivity index (χ2v) is 4.48. The van der Waals surface area contributed by atoms with Crippen molar-refractivity contribution in [1.82, 2.24) is 16.1 Å². The minimum absolute atomic E-state index is 0.0212. The van der Waals surface area contributed by atoms with Crippen LogP contribution >= 0.6 is 0 Å². The number of benzene rings is 1. The topological polar surface area (TPSA) is 109 Å². The fourth-order valence-electron chi connectivity index (χ4n) is 1.90. The molecule has 1 saturated heterocycles. The van der Waals surface area contributed by atoms with Gasteiger partial charge in [-0.25, -0.2) is 0 Å². The largest absolute Gasteiger partial charge is 0.322 e. The zero-order valence-electron chi connectivity index (χ0n) is 10.9. The van der Waals surface area contributed by atoms with Gasteiger partial charge >= 0.3 is 0 Å². The molecule has 1 amide bonds. The predicted molar refractivity (Wildman–Crippen MR) is 73.0 cm³/mol. The van der Waals surface area contributed by atoms with E-state index in [-0.39, 0.29) is 17.6 Å². The molecule has 1 aromatic carbocycles. The summed E-state index contributed by atoms with van der Waals surface area (Å²) in [7, 11) is 0. The zero-order valence-corrected chi connectivity index (χ0v) is 10.9. The summed E-state index contributed by atoms with van der Waals surface area (Å²) in [4.78, 5) is 21.7. The standard InChI is InChI=1S/C12H15N5O3/c1-8-6-11(18)15-12(14-8)16-13-7-9-4-2-3-5-10(9)17(19)20/h2-5,7-8,12,14,16H,6H2,1H3,(H,15,18)/b13-7+. The van der Waals surface area contributed by atoms with Crippen LogP contribution in [-0.2, 0) is 4.79 Å². The maximum Gasteiger partial charge on any atom is 0.278 e. The highest BCUT2D eigenvalue weighted by Crippen LogP contribution is 2.14. The maximum absolute atomic E-state index is 11.3. The van der Waals surface area contributed by atoms with Crippen molar-refractivity contribution in [1.29, 1.82) is 0 Å². The molecule has 106 valence electrons. The monoisotopic (exact) mass is 277 g/mol. The van der Waals surface area contributed by atoms with E-state index in [0.29, 0.717) is 12.0 Å². The second kappa shape index (κ2) is 6.11. The SMILES string of the molecule is CC1CC(=O)NC(N/N=C/c2ccccc2[N+](=O)[O-])N1. The molecule has 0 aromatic heterocycles. The van der Waals surface area contributed by atoms with Gasteiger partial charge in [0.15, 0.2) is 6.29 Å². The molecule has 2 unspecified atom stereocenters. The number of carbonyl (C=O) groups excluding carboxylic acids is 1. The van der Waals surface area contributed by atoms with E-state index in [1.807, 2.05) is 6.92 Å². The molecule has 1 heterocycles. The lowest BCUT2D eigenvalue weighted by Crippen LogP contribution is -2.60. The number of nitrogens with zero attached hydrogens (tertiary/aromatic N) is 2. The van der Waals surface area contributed by atoms with Gasteiger partial charge in [0.05, 0.1) is 16.7 Å². The predicted octanol–water partition coefficient (Wildman–Crippen LogP) is 0.300. The van der Waals surface area contributed by atoms with E-state index in [1.165, 1.54) is 12.3 Å². The molecule has 2 atom stereocenters. The summed E-state index contributed by atoms with van der Waals surface area (Å²) in [5, 5.41) is 20.5. The number of nitrogens with one attached hydrogen (secondary N) is 3. The molecular weight excluding hydrogens is 262 g/mol. The molecule has 2 rings (SSSR count). The van der Waals surface area contributed by atoms with Crippen LogP contribution in [0.5, 0.6) is 0 Å². The van der Waals surface area contributed by atoms with Crippen LogP contribution in [0.25, 0.3) is 0 Å². The van der Waals surface area contributed by atoms with E-state index in [2.05, 4.69) is 21.2 Å². The van der Waals surface area contributed by atoms with Crippen LogP contribution in [0, 0.1) is 10.1 Å². The minimum Gasteiger partial charge on any atom is -0.322 e. The first kappa shape index (κ1) is 13.9. The molecule has 0 spiro atoms. The normalized spacial score (nSPS) is 22.6. The van der Waals surface area contributed by atoms with Crippen molar-refractivity contribution >= 4 is 17.8 Å². The van der Waals surface area contributed by atoms with E-state index >= 15 is 0 Å². The first-order valence-corrected chi connectivity index (χ1v) is 6.13. The van der Waals surface area contributed by atoms with Crippen LogP contribution in [-0.4, -0.2) is 29.4 Å². The highest BCUT2D eigenvalue weighted by atomic mass is 16.6. The number of hydrogen-bond acceptors (Lipinski definition) is 6. The number of rotatable bonds is 4. The molecule has 1 aromatic rings. The highest BCUT2D eigenvalue weighted by Gasteiger charge is 2.21. The van der Waals surface area contributed by atoms with Crippen LogP contribution in [0.1, 0.15) is 18.9 Å². The van der Waals surface area contributed by atoms with Crippen molar-refractivity contribution in [2.24, 2.45) is 5.10 Å². The molecule has 1 aliphatic rings. The third kappa shape index (κ3) is 3.51. The minimum atomic E-state index is -0.481. The molecule has 0 saturated carbocycles. The quantitative estimate of drug-likeness (QED) is 0.416. The van der Waals surface area contributed by atoms with Crippen LogP contribution in [0.2, 0.25) is 0 Å². The number of nitro benzene ring substituents is 1. The number of hydrogen-bond donors (Lipinski definition) is 3. The Bertz CT molecular complexity index is 546. The average molecular weight is 277 g/mol. The summed E-state index contributed by atoms with van der Waals surface area (Å²) in [5.41, 5.74) is 3.07. The van der Waals surface area contributed by atoms with Gasteiger partial charge in [-0.05, 0) is 13.0 Å². The summed E-state index contributed by atoms with van der Waals surface area (Å²) in [6.45, 7) is 1.89. The summed E-state index contributed by atoms with van der Waals surface area (Å²) >= 11 is 0. The zero-order chi connectivity index (χ0) is 14.5. The Morgan fingerprint density at radius 1 is 1.50 bits per heavy atom. The second-order valence-electron chi connectivity index (χ2n) is 4.48. The fourth-order valence-corrected chi connectivity index (χ4v) is 1.90. The Morgan fingerprint density at radius 2 is 2.25 bits per heavy atom. The number of amides is 1.